The predicted molar refractivity (Wildman–Crippen MR) is 120 cm³/mol. The number of nitrogens with zero attached hydrogens (tertiary/aromatic N) is 2. The average molecular weight is 421 g/mol. The fourth-order valence-corrected chi connectivity index (χ4v) is 4.94. The highest BCUT2D eigenvalue weighted by Gasteiger charge is 2.49. The minimum Gasteiger partial charge on any atom is -0.461 e. The summed E-state index contributed by atoms with van der Waals surface area (Å²) < 4.78 is 21.3. The number of benzene rings is 1. The van der Waals surface area contributed by atoms with Gasteiger partial charge in [-0.05, 0) is 74.9 Å². The zero-order valence-corrected chi connectivity index (χ0v) is 18.2. The minimum absolute atomic E-state index is 0.178. The molecule has 4 rings (SSSR count). The highest BCUT2D eigenvalue weighted by molar-refractivity contribution is 5.77. The van der Waals surface area contributed by atoms with Gasteiger partial charge in [-0.1, -0.05) is 24.6 Å². The van der Waals surface area contributed by atoms with Crippen LogP contribution in [0.4, 0.5) is 4.39 Å². The summed E-state index contributed by atoms with van der Waals surface area (Å²) in [6.45, 7) is 11.7. The molecule has 5 heteroatoms. The molecule has 0 spiro atoms. The van der Waals surface area contributed by atoms with E-state index in [9.17, 15) is 9.18 Å². The van der Waals surface area contributed by atoms with E-state index in [0.29, 0.717) is 12.8 Å². The summed E-state index contributed by atoms with van der Waals surface area (Å²) in [4.78, 5) is 13.1. The molecule has 0 bridgehead atoms. The maximum Gasteiger partial charge on any atom is 0.312 e. The van der Waals surface area contributed by atoms with Gasteiger partial charge in [0.2, 0.25) is 0 Å². The normalized spacial score (nSPS) is 22.3. The quantitative estimate of drug-likeness (QED) is 0.419. The van der Waals surface area contributed by atoms with Crippen LogP contribution in [-0.4, -0.2) is 21.9 Å². The van der Waals surface area contributed by atoms with Gasteiger partial charge >= 0.3 is 5.97 Å². The number of hydrogen-bond donors (Lipinski definition) is 0. The summed E-state index contributed by atoms with van der Waals surface area (Å²) >= 11 is 0. The van der Waals surface area contributed by atoms with Gasteiger partial charge in [0, 0.05) is 5.41 Å². The van der Waals surface area contributed by atoms with E-state index in [0.717, 1.165) is 36.2 Å². The molecular formula is C26H29FN2O2. The topological polar surface area (TPSA) is 44.1 Å². The van der Waals surface area contributed by atoms with Crippen LogP contribution in [0.3, 0.4) is 0 Å². The Bertz CT molecular complexity index is 1040. The van der Waals surface area contributed by atoms with E-state index in [4.69, 9.17) is 4.74 Å². The van der Waals surface area contributed by atoms with Crippen LogP contribution in [0.1, 0.15) is 50.8 Å². The molecule has 0 amide bonds. The van der Waals surface area contributed by atoms with Gasteiger partial charge in [0.1, 0.15) is 11.9 Å². The lowest BCUT2D eigenvalue weighted by Gasteiger charge is -2.37. The van der Waals surface area contributed by atoms with Gasteiger partial charge in [-0.2, -0.15) is 5.10 Å². The Labute approximate surface area is 183 Å². The molecule has 2 aliphatic carbocycles. The first-order chi connectivity index (χ1) is 14.8. The van der Waals surface area contributed by atoms with Gasteiger partial charge in [-0.25, -0.2) is 9.07 Å². The molecule has 1 fully saturated rings. The molecule has 0 radical (unpaired) electrons. The van der Waals surface area contributed by atoms with Crippen LogP contribution in [0.2, 0.25) is 0 Å². The van der Waals surface area contributed by atoms with Gasteiger partial charge < -0.3 is 4.74 Å². The average Bonchev–Trinajstić information content (AvgIpc) is 3.27. The van der Waals surface area contributed by atoms with E-state index in [-0.39, 0.29) is 23.3 Å². The first kappa shape index (κ1) is 21.3. The predicted octanol–water partition coefficient (Wildman–Crippen LogP) is 5.82. The lowest BCUT2D eigenvalue weighted by molar-refractivity contribution is -0.164. The van der Waals surface area contributed by atoms with Crippen molar-refractivity contribution < 1.29 is 13.9 Å². The van der Waals surface area contributed by atoms with Crippen molar-refractivity contribution >= 4 is 12.0 Å². The number of carbonyl (C=O) groups excluding carboxylic acids is 1. The number of carbonyl (C=O) groups is 1. The molecule has 4 nitrogen and oxygen atoms in total. The van der Waals surface area contributed by atoms with Gasteiger partial charge in [-0.3, -0.25) is 4.79 Å². The Balaban J connectivity index is 1.60. The molecule has 1 heterocycles. The minimum atomic E-state index is -0.639. The van der Waals surface area contributed by atoms with E-state index in [1.807, 2.05) is 17.8 Å². The van der Waals surface area contributed by atoms with Crippen molar-refractivity contribution in [2.24, 2.45) is 10.8 Å². The number of hydrogen-bond acceptors (Lipinski definition) is 3. The second-order valence-electron chi connectivity index (χ2n) is 9.19. The van der Waals surface area contributed by atoms with E-state index < -0.39 is 5.41 Å². The first-order valence-electron chi connectivity index (χ1n) is 10.8. The van der Waals surface area contributed by atoms with Crippen molar-refractivity contribution in [2.75, 3.05) is 0 Å². The Morgan fingerprint density at radius 3 is 2.65 bits per heavy atom. The second kappa shape index (κ2) is 7.95. The Hall–Kier alpha value is -2.95. The molecule has 0 aliphatic heterocycles. The zero-order chi connectivity index (χ0) is 22.2. The van der Waals surface area contributed by atoms with Gasteiger partial charge in [0.05, 0.1) is 23.0 Å². The SMILES string of the molecule is C=CCC(C)(CC=C)C(=O)OC1CCC2=Cc3c(cnn3-c3ccc(F)cc3)CC21C. The smallest absolute Gasteiger partial charge is 0.312 e. The number of halogens is 1. The lowest BCUT2D eigenvalue weighted by atomic mass is 9.73. The summed E-state index contributed by atoms with van der Waals surface area (Å²) in [5.41, 5.74) is 3.35. The maximum atomic E-state index is 13.3. The van der Waals surface area contributed by atoms with Crippen molar-refractivity contribution in [2.45, 2.75) is 52.1 Å². The molecule has 1 saturated carbocycles. The van der Waals surface area contributed by atoms with E-state index in [2.05, 4.69) is 31.3 Å². The third kappa shape index (κ3) is 3.67. The second-order valence-corrected chi connectivity index (χ2v) is 9.19. The van der Waals surface area contributed by atoms with Crippen molar-refractivity contribution in [3.8, 4) is 5.69 Å². The van der Waals surface area contributed by atoms with Crippen molar-refractivity contribution in [1.29, 1.82) is 0 Å². The van der Waals surface area contributed by atoms with Crippen LogP contribution in [0, 0.1) is 16.6 Å². The standard InChI is InChI=1S/C26H29FN2O2/c1-5-13-25(3,14-6-2)24(30)31-23-12-7-19-15-22-18(16-26(19,23)4)17-28-29(22)21-10-8-20(27)9-11-21/h5-6,8-11,15,17,23H,1-2,7,12-14,16H2,3-4H3. The highest BCUT2D eigenvalue weighted by Crippen LogP contribution is 2.51. The number of esters is 1. The van der Waals surface area contributed by atoms with Crippen LogP contribution in [-0.2, 0) is 16.0 Å². The van der Waals surface area contributed by atoms with E-state index >= 15 is 0 Å². The molecule has 2 aromatic rings. The van der Waals surface area contributed by atoms with Crippen LogP contribution in [0.5, 0.6) is 0 Å². The van der Waals surface area contributed by atoms with Crippen molar-refractivity contribution in [3.63, 3.8) is 0 Å². The van der Waals surface area contributed by atoms with Crippen molar-refractivity contribution in [3.05, 3.63) is 78.4 Å². The molecule has 2 atom stereocenters. The Morgan fingerprint density at radius 1 is 1.32 bits per heavy atom. The van der Waals surface area contributed by atoms with Gasteiger partial charge in [-0.15, -0.1) is 13.2 Å². The van der Waals surface area contributed by atoms with Gasteiger partial charge in [0.15, 0.2) is 0 Å². The number of aromatic nitrogens is 2. The Morgan fingerprint density at radius 2 is 2.00 bits per heavy atom. The van der Waals surface area contributed by atoms with Gasteiger partial charge in [0.25, 0.3) is 0 Å². The van der Waals surface area contributed by atoms with E-state index in [1.54, 1.807) is 24.3 Å². The number of allylic oxidation sites excluding steroid dienone is 2. The van der Waals surface area contributed by atoms with Crippen LogP contribution in [0.25, 0.3) is 11.8 Å². The summed E-state index contributed by atoms with van der Waals surface area (Å²) in [6.07, 6.45) is 10.9. The largest absolute Gasteiger partial charge is 0.461 e. The highest BCUT2D eigenvalue weighted by atomic mass is 19.1. The fourth-order valence-electron chi connectivity index (χ4n) is 4.94. The molecule has 1 aromatic heterocycles. The molecular weight excluding hydrogens is 391 g/mol. The molecule has 2 unspecified atom stereocenters. The number of ether oxygens (including phenoxy) is 1. The summed E-state index contributed by atoms with van der Waals surface area (Å²) in [7, 11) is 0. The number of rotatable bonds is 7. The molecule has 2 aliphatic rings. The monoisotopic (exact) mass is 420 g/mol. The Kier molecular flexibility index (Phi) is 5.46. The molecule has 31 heavy (non-hydrogen) atoms. The van der Waals surface area contributed by atoms with Crippen LogP contribution >= 0.6 is 0 Å². The number of fused-ring (bicyclic) bond motifs is 2. The molecule has 0 N–H and O–H groups in total. The van der Waals surface area contributed by atoms with Crippen molar-refractivity contribution in [1.82, 2.24) is 9.78 Å². The summed E-state index contributed by atoms with van der Waals surface area (Å²) in [5, 5.41) is 4.55. The lowest BCUT2D eigenvalue weighted by Crippen LogP contribution is -2.40. The third-order valence-electron chi connectivity index (χ3n) is 6.88. The third-order valence-corrected chi connectivity index (χ3v) is 6.88. The molecule has 0 saturated heterocycles. The molecule has 162 valence electrons. The summed E-state index contributed by atoms with van der Waals surface area (Å²) in [5.74, 6) is -0.455. The zero-order valence-electron chi connectivity index (χ0n) is 18.2. The fraction of sp³-hybridized carbons (Fsp3) is 0.385. The maximum absolute atomic E-state index is 13.3. The van der Waals surface area contributed by atoms with Crippen LogP contribution in [0.15, 0.2) is 61.3 Å². The first-order valence-corrected chi connectivity index (χ1v) is 10.8. The van der Waals surface area contributed by atoms with E-state index in [1.165, 1.54) is 17.7 Å². The van der Waals surface area contributed by atoms with Crippen LogP contribution < -0.4 is 0 Å². The summed E-state index contributed by atoms with van der Waals surface area (Å²) in [6, 6.07) is 6.35. The molecule has 1 aromatic carbocycles.